The molecule has 0 saturated carbocycles. The highest BCUT2D eigenvalue weighted by Gasteiger charge is 2.45. The Morgan fingerprint density at radius 1 is 0.758 bits per heavy atom. The maximum absolute atomic E-state index is 10.9. The van der Waals surface area contributed by atoms with E-state index in [1.165, 1.54) is 12.2 Å². The summed E-state index contributed by atoms with van der Waals surface area (Å²) in [6.45, 7) is 7.26. The lowest BCUT2D eigenvalue weighted by Gasteiger charge is -2.46. The van der Waals surface area contributed by atoms with Gasteiger partial charge >= 0.3 is 0 Å². The third-order valence-corrected chi connectivity index (χ3v) is 7.81. The van der Waals surface area contributed by atoms with Gasteiger partial charge in [-0.3, -0.25) is 5.32 Å². The van der Waals surface area contributed by atoms with Gasteiger partial charge in [-0.15, -0.1) is 0 Å². The summed E-state index contributed by atoms with van der Waals surface area (Å²) in [6.07, 6.45) is -5.86. The molecule has 1 saturated heterocycles. The average Bonchev–Trinajstić information content (AvgIpc) is 2.80. The summed E-state index contributed by atoms with van der Waals surface area (Å²) < 4.78 is 12.1. The predicted octanol–water partition coefficient (Wildman–Crippen LogP) is -1.98. The zero-order valence-electron chi connectivity index (χ0n) is 19.5. The lowest BCUT2D eigenvalue weighted by molar-refractivity contribution is -0.270. The van der Waals surface area contributed by atoms with Gasteiger partial charge in [-0.2, -0.15) is 0 Å². The van der Waals surface area contributed by atoms with Gasteiger partial charge in [0, 0.05) is 5.92 Å². The van der Waals surface area contributed by atoms with Crippen LogP contribution in [0.15, 0.2) is 23.3 Å². The van der Waals surface area contributed by atoms with Gasteiger partial charge in [0.1, 0.15) is 36.6 Å². The highest BCUT2D eigenvalue weighted by atomic mass is 16.7. The number of ether oxygens (including phenoxy) is 2. The smallest absolute Gasteiger partial charge is 0.161 e. The van der Waals surface area contributed by atoms with E-state index in [4.69, 9.17) is 9.47 Å². The molecule has 1 aliphatic heterocycles. The number of nitrogens with one attached hydrogen (secondary N) is 1. The van der Waals surface area contributed by atoms with Crippen LogP contribution in [0.25, 0.3) is 0 Å². The Bertz CT molecular complexity index is 731. The fraction of sp³-hybridized carbons (Fsp3) is 0.826. The second-order valence-electron chi connectivity index (χ2n) is 9.77. The molecule has 10 heteroatoms. The van der Waals surface area contributed by atoms with Crippen molar-refractivity contribution in [2.45, 2.75) is 88.8 Å². The van der Waals surface area contributed by atoms with Gasteiger partial charge in [-0.1, -0.05) is 32.9 Å². The van der Waals surface area contributed by atoms with Crippen molar-refractivity contribution in [2.24, 2.45) is 17.8 Å². The molecule has 3 aliphatic rings. The van der Waals surface area contributed by atoms with Crippen LogP contribution in [-0.2, 0) is 9.47 Å². The van der Waals surface area contributed by atoms with Crippen molar-refractivity contribution in [3.05, 3.63) is 23.3 Å². The van der Waals surface area contributed by atoms with Gasteiger partial charge in [-0.25, -0.2) is 0 Å². The van der Waals surface area contributed by atoms with Crippen molar-refractivity contribution >= 4 is 0 Å². The van der Waals surface area contributed by atoms with Gasteiger partial charge in [0.15, 0.2) is 6.29 Å². The monoisotopic (exact) mass is 473 g/mol. The van der Waals surface area contributed by atoms with Crippen LogP contribution in [-0.4, -0.2) is 110 Å². The molecule has 0 amide bonds. The first-order chi connectivity index (χ1) is 15.5. The third-order valence-electron chi connectivity index (χ3n) is 7.81. The van der Waals surface area contributed by atoms with Crippen LogP contribution in [0.1, 0.15) is 27.7 Å². The van der Waals surface area contributed by atoms with Crippen molar-refractivity contribution in [1.29, 1.82) is 0 Å². The molecular formula is C23H39NO9. The van der Waals surface area contributed by atoms with Gasteiger partial charge in [0.05, 0.1) is 31.4 Å². The summed E-state index contributed by atoms with van der Waals surface area (Å²) in [4.78, 5) is 0. The largest absolute Gasteiger partial charge is 0.392 e. The summed E-state index contributed by atoms with van der Waals surface area (Å²) in [5, 5.41) is 74.3. The number of hydrogen-bond donors (Lipinski definition) is 8. The average molecular weight is 474 g/mol. The zero-order valence-corrected chi connectivity index (χ0v) is 19.5. The predicted molar refractivity (Wildman–Crippen MR) is 118 cm³/mol. The van der Waals surface area contributed by atoms with E-state index < -0.39 is 68.2 Å². The van der Waals surface area contributed by atoms with Crippen LogP contribution in [0.2, 0.25) is 0 Å². The summed E-state index contributed by atoms with van der Waals surface area (Å²) in [7, 11) is 0. The number of aliphatic hydroxyl groups is 7. The van der Waals surface area contributed by atoms with Gasteiger partial charge in [-0.05, 0) is 29.9 Å². The van der Waals surface area contributed by atoms with E-state index in [0.717, 1.165) is 0 Å². The minimum Gasteiger partial charge on any atom is -0.392 e. The fourth-order valence-corrected chi connectivity index (χ4v) is 4.97. The van der Waals surface area contributed by atoms with Crippen LogP contribution in [0.5, 0.6) is 0 Å². The van der Waals surface area contributed by atoms with Gasteiger partial charge < -0.3 is 45.2 Å². The summed E-state index contributed by atoms with van der Waals surface area (Å²) >= 11 is 0. The minimum atomic E-state index is -1.53. The van der Waals surface area contributed by atoms with E-state index in [-0.39, 0.29) is 17.6 Å². The van der Waals surface area contributed by atoms with E-state index in [1.807, 2.05) is 13.8 Å². The SMILES string of the molecule is CC1OC(O[C@@H]2C(CO)=C[C@H](N[C@H]3C=C(CO)[C@@H](O)[C@H](O)[C@H]3O)[C@H](O)[C@H]2O)C(C)C(C)C1C. The Morgan fingerprint density at radius 3 is 1.88 bits per heavy atom. The molecule has 0 aromatic carbocycles. The molecule has 1 fully saturated rings. The Balaban J connectivity index is 1.79. The van der Waals surface area contributed by atoms with Crippen LogP contribution < -0.4 is 5.32 Å². The third kappa shape index (κ3) is 5.20. The molecule has 8 N–H and O–H groups in total. The maximum atomic E-state index is 10.9. The number of hydrogen-bond acceptors (Lipinski definition) is 10. The first-order valence-electron chi connectivity index (χ1n) is 11.6. The Hall–Kier alpha value is -0.920. The molecule has 10 nitrogen and oxygen atoms in total. The highest BCUT2D eigenvalue weighted by molar-refractivity contribution is 5.26. The molecule has 0 radical (unpaired) electrons. The Labute approximate surface area is 194 Å². The lowest BCUT2D eigenvalue weighted by Crippen LogP contribution is -2.62. The molecule has 1 heterocycles. The van der Waals surface area contributed by atoms with Crippen molar-refractivity contribution in [1.82, 2.24) is 5.32 Å². The fourth-order valence-electron chi connectivity index (χ4n) is 4.97. The van der Waals surface area contributed by atoms with Gasteiger partial charge in [0.2, 0.25) is 0 Å². The first kappa shape index (κ1) is 26.7. The molecule has 5 unspecified atom stereocenters. The standard InChI is InChI=1S/C23H39NO9/c1-9-10(2)12(4)32-23(11(9)3)33-22-14(8-26)6-16(19(29)21(22)31)24-15-5-13(7-25)17(27)20(30)18(15)28/h5-6,9-12,15-31H,7-8H2,1-4H3/t9?,10?,11?,12?,15-,16-,17+,18-,19-,20-,21+,22+,23?/m0/s1. The molecule has 33 heavy (non-hydrogen) atoms. The van der Waals surface area contributed by atoms with E-state index in [2.05, 4.69) is 19.2 Å². The summed E-state index contributed by atoms with van der Waals surface area (Å²) in [5.74, 6) is 0.668. The molecule has 0 aromatic heterocycles. The zero-order chi connectivity index (χ0) is 24.6. The summed E-state index contributed by atoms with van der Waals surface area (Å²) in [6, 6.07) is -1.82. The molecule has 13 atom stereocenters. The first-order valence-corrected chi connectivity index (χ1v) is 11.6. The second kappa shape index (κ2) is 10.8. The van der Waals surface area contributed by atoms with Crippen LogP contribution >= 0.6 is 0 Å². The normalized spacial score (nSPS) is 48.9. The molecule has 3 rings (SSSR count). The molecule has 0 aromatic rings. The van der Waals surface area contributed by atoms with Crippen molar-refractivity contribution in [3.8, 4) is 0 Å². The lowest BCUT2D eigenvalue weighted by atomic mass is 9.79. The van der Waals surface area contributed by atoms with Crippen LogP contribution in [0.4, 0.5) is 0 Å². The Morgan fingerprint density at radius 2 is 1.30 bits per heavy atom. The minimum absolute atomic E-state index is 0.0312. The number of rotatable bonds is 6. The van der Waals surface area contributed by atoms with Crippen LogP contribution in [0, 0.1) is 17.8 Å². The molecule has 2 aliphatic carbocycles. The molecular weight excluding hydrogens is 434 g/mol. The van der Waals surface area contributed by atoms with Crippen LogP contribution in [0.3, 0.4) is 0 Å². The summed E-state index contributed by atoms with van der Waals surface area (Å²) in [5.41, 5.74) is 0.474. The Kier molecular flexibility index (Phi) is 8.71. The van der Waals surface area contributed by atoms with E-state index in [1.54, 1.807) is 0 Å². The van der Waals surface area contributed by atoms with E-state index in [0.29, 0.717) is 17.4 Å². The maximum Gasteiger partial charge on any atom is 0.161 e. The van der Waals surface area contributed by atoms with E-state index >= 15 is 0 Å². The molecule has 0 spiro atoms. The van der Waals surface area contributed by atoms with E-state index in [9.17, 15) is 35.7 Å². The highest BCUT2D eigenvalue weighted by Crippen LogP contribution is 2.37. The second-order valence-corrected chi connectivity index (χ2v) is 9.77. The van der Waals surface area contributed by atoms with Crippen molar-refractivity contribution < 1.29 is 45.2 Å². The quantitative estimate of drug-likeness (QED) is 0.202. The molecule has 190 valence electrons. The molecule has 0 bridgehead atoms. The van der Waals surface area contributed by atoms with Crippen molar-refractivity contribution in [3.63, 3.8) is 0 Å². The van der Waals surface area contributed by atoms with Crippen molar-refractivity contribution in [2.75, 3.05) is 13.2 Å². The number of aliphatic hydroxyl groups excluding tert-OH is 7. The topological polar surface area (TPSA) is 172 Å². The van der Waals surface area contributed by atoms with Gasteiger partial charge in [0.25, 0.3) is 0 Å².